The highest BCUT2D eigenvalue weighted by molar-refractivity contribution is 6.01. The van der Waals surface area contributed by atoms with Crippen molar-refractivity contribution >= 4 is 17.6 Å². The van der Waals surface area contributed by atoms with Crippen LogP contribution in [0.15, 0.2) is 90.1 Å². The van der Waals surface area contributed by atoms with Crippen molar-refractivity contribution in [3.63, 3.8) is 0 Å². The maximum atomic E-state index is 13.3. The van der Waals surface area contributed by atoms with Gasteiger partial charge in [0.2, 0.25) is 0 Å². The van der Waals surface area contributed by atoms with Crippen molar-refractivity contribution in [3.05, 3.63) is 112 Å². The van der Waals surface area contributed by atoms with Gasteiger partial charge in [-0.2, -0.15) is 0 Å². The van der Waals surface area contributed by atoms with Crippen LogP contribution in [0.3, 0.4) is 0 Å². The summed E-state index contributed by atoms with van der Waals surface area (Å²) in [6, 6.07) is 18.1. The van der Waals surface area contributed by atoms with Gasteiger partial charge < -0.3 is 15.0 Å². The minimum atomic E-state index is -1.00. The molecule has 1 aliphatic rings. The number of fused-ring (bicyclic) bond motifs is 1. The second-order valence-electron chi connectivity index (χ2n) is 8.83. The molecular formula is C30H24N4O4. The summed E-state index contributed by atoms with van der Waals surface area (Å²) in [5.74, 6) is 6.22. The molecule has 2 aromatic heterocycles. The van der Waals surface area contributed by atoms with Gasteiger partial charge in [0.15, 0.2) is 0 Å². The van der Waals surface area contributed by atoms with E-state index >= 15 is 0 Å². The number of hydrogen-bond donors (Lipinski definition) is 1. The fraction of sp³-hybridized carbons (Fsp3) is 0.133. The molecule has 8 heteroatoms. The van der Waals surface area contributed by atoms with E-state index in [-0.39, 0.29) is 12.5 Å². The number of nitrogens with zero attached hydrogens (tertiary/aromatic N) is 3. The van der Waals surface area contributed by atoms with Crippen LogP contribution in [-0.2, 0) is 4.79 Å². The van der Waals surface area contributed by atoms with Crippen LogP contribution < -0.4 is 20.5 Å². The van der Waals surface area contributed by atoms with Gasteiger partial charge >= 0.3 is 6.03 Å². The molecule has 5 rings (SSSR count). The quantitative estimate of drug-likeness (QED) is 0.421. The van der Waals surface area contributed by atoms with Crippen LogP contribution in [-0.4, -0.2) is 41.2 Å². The van der Waals surface area contributed by atoms with Crippen molar-refractivity contribution in [2.45, 2.75) is 13.0 Å². The molecule has 1 atom stereocenters. The predicted molar refractivity (Wildman–Crippen MR) is 144 cm³/mol. The van der Waals surface area contributed by atoms with Gasteiger partial charge in [0.1, 0.15) is 18.4 Å². The molecule has 0 radical (unpaired) electrons. The van der Waals surface area contributed by atoms with E-state index in [9.17, 15) is 14.4 Å². The fourth-order valence-electron chi connectivity index (χ4n) is 4.18. The van der Waals surface area contributed by atoms with Gasteiger partial charge in [0, 0.05) is 48.4 Å². The molecule has 0 aliphatic carbocycles. The predicted octanol–water partition coefficient (Wildman–Crippen LogP) is 3.60. The molecular weight excluding hydrogens is 480 g/mol. The highest BCUT2D eigenvalue weighted by atomic mass is 16.5. The summed E-state index contributed by atoms with van der Waals surface area (Å²) in [5, 5.41) is 2.66. The van der Waals surface area contributed by atoms with Crippen molar-refractivity contribution in [1.82, 2.24) is 14.9 Å². The van der Waals surface area contributed by atoms with Crippen LogP contribution in [0.25, 0.3) is 11.1 Å². The lowest BCUT2D eigenvalue weighted by Gasteiger charge is -2.21. The Kier molecular flexibility index (Phi) is 6.74. The standard InChI is InChI=1S/C30H24N4O4/c1-20-15-28(35)34(18-24(20)23-8-4-3-5-9-23)30(37)32-25-19-38-27-13-12-21(16-26(27)33(2)29(25)36)10-11-22-7-6-14-31-17-22/h3-9,12-18,25H,19H2,1-2H3,(H,32,37)/t25-/m0/s1. The Morgan fingerprint density at radius 3 is 2.58 bits per heavy atom. The lowest BCUT2D eigenvalue weighted by molar-refractivity contribution is -0.120. The van der Waals surface area contributed by atoms with Crippen molar-refractivity contribution in [3.8, 4) is 28.7 Å². The number of benzene rings is 2. The Bertz CT molecular complexity index is 1640. The number of likely N-dealkylation sites (N-methyl/N-ethyl adjacent to an activating group) is 1. The first-order chi connectivity index (χ1) is 18.4. The molecule has 3 heterocycles. The van der Waals surface area contributed by atoms with Gasteiger partial charge in [-0.05, 0) is 48.4 Å². The molecule has 0 bridgehead atoms. The monoisotopic (exact) mass is 504 g/mol. The molecule has 4 aromatic rings. The van der Waals surface area contributed by atoms with Crippen molar-refractivity contribution in [2.24, 2.45) is 0 Å². The Morgan fingerprint density at radius 2 is 1.82 bits per heavy atom. The number of aromatic nitrogens is 2. The summed E-state index contributed by atoms with van der Waals surface area (Å²) in [7, 11) is 1.61. The average Bonchev–Trinajstić information content (AvgIpc) is 3.05. The van der Waals surface area contributed by atoms with Crippen LogP contribution >= 0.6 is 0 Å². The van der Waals surface area contributed by atoms with E-state index < -0.39 is 17.6 Å². The number of pyridine rings is 2. The number of anilines is 1. The van der Waals surface area contributed by atoms with Crippen LogP contribution in [0, 0.1) is 18.8 Å². The first kappa shape index (κ1) is 24.5. The van der Waals surface area contributed by atoms with E-state index in [2.05, 4.69) is 22.1 Å². The van der Waals surface area contributed by atoms with E-state index in [1.54, 1.807) is 37.6 Å². The number of carbonyl (C=O) groups is 2. The zero-order valence-electron chi connectivity index (χ0n) is 20.8. The van der Waals surface area contributed by atoms with Crippen molar-refractivity contribution < 1.29 is 14.3 Å². The molecule has 1 aliphatic heterocycles. The third-order valence-corrected chi connectivity index (χ3v) is 6.23. The highest BCUT2D eigenvalue weighted by Gasteiger charge is 2.31. The summed E-state index contributed by atoms with van der Waals surface area (Å²) in [6.45, 7) is 1.73. The van der Waals surface area contributed by atoms with E-state index in [4.69, 9.17) is 4.74 Å². The molecule has 2 amide bonds. The maximum Gasteiger partial charge on any atom is 0.329 e. The SMILES string of the molecule is Cc1cc(=O)n(C(=O)N[C@H]2COc3ccc(C#Cc4cccnc4)cc3N(C)C2=O)cc1-c1ccccc1. The van der Waals surface area contributed by atoms with E-state index in [1.807, 2.05) is 49.4 Å². The number of carbonyl (C=O) groups excluding carboxylic acids is 2. The van der Waals surface area contributed by atoms with E-state index in [0.29, 0.717) is 17.0 Å². The molecule has 0 unspecified atom stereocenters. The third-order valence-electron chi connectivity index (χ3n) is 6.23. The minimum Gasteiger partial charge on any atom is -0.489 e. The van der Waals surface area contributed by atoms with Crippen LogP contribution in [0.2, 0.25) is 0 Å². The second-order valence-corrected chi connectivity index (χ2v) is 8.83. The molecule has 1 N–H and O–H groups in total. The van der Waals surface area contributed by atoms with Gasteiger partial charge in [0.25, 0.3) is 11.5 Å². The normalized spacial score (nSPS) is 14.4. The van der Waals surface area contributed by atoms with Crippen LogP contribution in [0.4, 0.5) is 10.5 Å². The maximum absolute atomic E-state index is 13.3. The number of rotatable bonds is 2. The number of aryl methyl sites for hydroxylation is 1. The van der Waals surface area contributed by atoms with Crippen LogP contribution in [0.1, 0.15) is 16.7 Å². The summed E-state index contributed by atoms with van der Waals surface area (Å²) < 4.78 is 6.86. The lowest BCUT2D eigenvalue weighted by Crippen LogP contribution is -2.51. The van der Waals surface area contributed by atoms with E-state index in [0.717, 1.165) is 26.8 Å². The molecule has 38 heavy (non-hydrogen) atoms. The average molecular weight is 505 g/mol. The molecule has 188 valence electrons. The van der Waals surface area contributed by atoms with Crippen molar-refractivity contribution in [2.75, 3.05) is 18.6 Å². The second kappa shape index (κ2) is 10.4. The minimum absolute atomic E-state index is 0.0885. The lowest BCUT2D eigenvalue weighted by atomic mass is 10.0. The van der Waals surface area contributed by atoms with E-state index in [1.165, 1.54) is 17.2 Å². The Hall–Kier alpha value is -5.16. The van der Waals surface area contributed by atoms with Crippen LogP contribution in [0.5, 0.6) is 5.75 Å². The zero-order chi connectivity index (χ0) is 26.6. The molecule has 0 fully saturated rings. The summed E-state index contributed by atoms with van der Waals surface area (Å²) >= 11 is 0. The number of hydrogen-bond acceptors (Lipinski definition) is 5. The summed E-state index contributed by atoms with van der Waals surface area (Å²) in [6.07, 6.45) is 4.85. The van der Waals surface area contributed by atoms with Gasteiger partial charge in [-0.1, -0.05) is 42.2 Å². The Morgan fingerprint density at radius 1 is 1.03 bits per heavy atom. The van der Waals surface area contributed by atoms with Gasteiger partial charge in [-0.3, -0.25) is 14.6 Å². The smallest absolute Gasteiger partial charge is 0.329 e. The first-order valence-electron chi connectivity index (χ1n) is 12.0. The fourth-order valence-corrected chi connectivity index (χ4v) is 4.18. The molecule has 0 spiro atoms. The third kappa shape index (κ3) is 5.04. The molecule has 0 saturated heterocycles. The number of amides is 2. The zero-order valence-corrected chi connectivity index (χ0v) is 20.8. The largest absolute Gasteiger partial charge is 0.489 e. The topological polar surface area (TPSA) is 93.5 Å². The Labute approximate surface area is 219 Å². The highest BCUT2D eigenvalue weighted by Crippen LogP contribution is 2.31. The first-order valence-corrected chi connectivity index (χ1v) is 12.0. The van der Waals surface area contributed by atoms with Gasteiger partial charge in [0.05, 0.1) is 5.69 Å². The summed E-state index contributed by atoms with van der Waals surface area (Å²) in [5.41, 5.74) is 3.87. The molecule has 0 saturated carbocycles. The Balaban J connectivity index is 1.37. The van der Waals surface area contributed by atoms with Gasteiger partial charge in [-0.25, -0.2) is 9.36 Å². The van der Waals surface area contributed by atoms with Crippen molar-refractivity contribution in [1.29, 1.82) is 0 Å². The molecule has 8 nitrogen and oxygen atoms in total. The number of nitrogens with one attached hydrogen (secondary N) is 1. The number of ether oxygens (including phenoxy) is 1. The van der Waals surface area contributed by atoms with Gasteiger partial charge in [-0.15, -0.1) is 0 Å². The molecule has 2 aromatic carbocycles. The summed E-state index contributed by atoms with van der Waals surface area (Å²) in [4.78, 5) is 44.6.